The van der Waals surface area contributed by atoms with Crippen LogP contribution >= 0.6 is 11.6 Å². The summed E-state index contributed by atoms with van der Waals surface area (Å²) in [5.74, 6) is -0.263. The zero-order valence-corrected chi connectivity index (χ0v) is 16.7. The number of hydrogen-bond acceptors (Lipinski definition) is 4. The highest BCUT2D eigenvalue weighted by Crippen LogP contribution is 2.23. The van der Waals surface area contributed by atoms with E-state index in [4.69, 9.17) is 11.6 Å². The van der Waals surface area contributed by atoms with Gasteiger partial charge in [0.25, 0.3) is 5.91 Å². The second kappa shape index (κ2) is 9.24. The van der Waals surface area contributed by atoms with Gasteiger partial charge in [-0.15, -0.1) is 0 Å². The van der Waals surface area contributed by atoms with Crippen molar-refractivity contribution in [3.05, 3.63) is 77.6 Å². The zero-order valence-electron chi connectivity index (χ0n) is 15.9. The summed E-state index contributed by atoms with van der Waals surface area (Å²) in [4.78, 5) is 19.0. The smallest absolute Gasteiger partial charge is 0.257 e. The molecule has 0 saturated carbocycles. The van der Waals surface area contributed by atoms with Crippen LogP contribution in [-0.2, 0) is 0 Å². The molecule has 1 aromatic heterocycles. The van der Waals surface area contributed by atoms with E-state index < -0.39 is 0 Å². The van der Waals surface area contributed by atoms with Crippen molar-refractivity contribution in [3.63, 3.8) is 0 Å². The summed E-state index contributed by atoms with van der Waals surface area (Å²) in [6.07, 6.45) is 3.21. The Morgan fingerprint density at radius 3 is 2.39 bits per heavy atom. The van der Waals surface area contributed by atoms with Gasteiger partial charge in [-0.05, 0) is 56.3 Å². The maximum absolute atomic E-state index is 12.5. The summed E-state index contributed by atoms with van der Waals surface area (Å²) in [6.45, 7) is 6.21. The summed E-state index contributed by atoms with van der Waals surface area (Å²) >= 11 is 6.10. The van der Waals surface area contributed by atoms with Gasteiger partial charge in [-0.1, -0.05) is 23.7 Å². The van der Waals surface area contributed by atoms with Gasteiger partial charge in [0, 0.05) is 30.7 Å². The Bertz CT molecular complexity index is 939. The number of rotatable bonds is 7. The van der Waals surface area contributed by atoms with E-state index in [-0.39, 0.29) is 5.91 Å². The molecule has 0 aliphatic heterocycles. The van der Waals surface area contributed by atoms with Crippen molar-refractivity contribution in [1.29, 1.82) is 0 Å². The molecule has 0 unspecified atom stereocenters. The Kier molecular flexibility index (Phi) is 6.50. The minimum Gasteiger partial charge on any atom is -0.372 e. The molecular weight excluding hydrogens is 372 g/mol. The number of nitrogens with one attached hydrogen (secondary N) is 2. The lowest BCUT2D eigenvalue weighted by Crippen LogP contribution is -2.21. The number of carbonyl (C=O) groups is 1. The minimum absolute atomic E-state index is 0.263. The van der Waals surface area contributed by atoms with Gasteiger partial charge in [-0.3, -0.25) is 9.78 Å². The van der Waals surface area contributed by atoms with Crippen molar-refractivity contribution in [2.75, 3.05) is 28.6 Å². The molecule has 6 heteroatoms. The minimum atomic E-state index is -0.263. The first-order chi connectivity index (χ1) is 13.6. The maximum atomic E-state index is 12.5. The van der Waals surface area contributed by atoms with E-state index in [1.54, 1.807) is 24.4 Å². The monoisotopic (exact) mass is 394 g/mol. The fourth-order valence-corrected chi connectivity index (χ4v) is 3.08. The summed E-state index contributed by atoms with van der Waals surface area (Å²) in [5.41, 5.74) is 3.87. The van der Waals surface area contributed by atoms with Crippen molar-refractivity contribution >= 4 is 40.3 Å². The van der Waals surface area contributed by atoms with Crippen LogP contribution in [0.3, 0.4) is 0 Å². The number of hydrogen-bond donors (Lipinski definition) is 2. The van der Waals surface area contributed by atoms with E-state index in [0.29, 0.717) is 16.3 Å². The Balaban J connectivity index is 1.71. The first-order valence-corrected chi connectivity index (χ1v) is 9.61. The van der Waals surface area contributed by atoms with Crippen LogP contribution in [0.25, 0.3) is 0 Å². The molecule has 0 saturated heterocycles. The molecular formula is C22H23ClN4O. The quantitative estimate of drug-likeness (QED) is 0.549. The zero-order chi connectivity index (χ0) is 19.9. The van der Waals surface area contributed by atoms with Crippen LogP contribution in [-0.4, -0.2) is 24.0 Å². The molecule has 0 spiro atoms. The third-order valence-corrected chi connectivity index (χ3v) is 4.74. The number of benzene rings is 2. The Morgan fingerprint density at radius 1 is 1.00 bits per heavy atom. The summed E-state index contributed by atoms with van der Waals surface area (Å²) in [6, 6.07) is 17.1. The standard InChI is InChI=1S/C22H23ClN4O/c1-3-27(4-2)19-11-9-17(10-12-19)25-18-13-16(14-24-15-18)22(28)26-21-8-6-5-7-20(21)23/h5-15,25H,3-4H2,1-2H3,(H,26,28). The third-order valence-electron chi connectivity index (χ3n) is 4.41. The first kappa shape index (κ1) is 19.7. The average Bonchev–Trinajstić information content (AvgIpc) is 2.72. The molecule has 1 heterocycles. The Morgan fingerprint density at radius 2 is 1.71 bits per heavy atom. The molecule has 2 aromatic carbocycles. The first-order valence-electron chi connectivity index (χ1n) is 9.23. The summed E-state index contributed by atoms with van der Waals surface area (Å²) < 4.78 is 0. The number of para-hydroxylation sites is 1. The largest absolute Gasteiger partial charge is 0.372 e. The number of halogens is 1. The van der Waals surface area contributed by atoms with Crippen LogP contribution in [0.15, 0.2) is 67.0 Å². The van der Waals surface area contributed by atoms with Crippen LogP contribution in [0.4, 0.5) is 22.7 Å². The molecule has 1 amide bonds. The van der Waals surface area contributed by atoms with Crippen LogP contribution in [0, 0.1) is 0 Å². The lowest BCUT2D eigenvalue weighted by molar-refractivity contribution is 0.102. The van der Waals surface area contributed by atoms with Crippen molar-refractivity contribution in [1.82, 2.24) is 4.98 Å². The van der Waals surface area contributed by atoms with Gasteiger partial charge in [-0.25, -0.2) is 0 Å². The normalized spacial score (nSPS) is 10.4. The van der Waals surface area contributed by atoms with E-state index in [1.807, 2.05) is 24.3 Å². The number of anilines is 4. The SMILES string of the molecule is CCN(CC)c1ccc(Nc2cncc(C(=O)Nc3ccccc3Cl)c2)cc1. The van der Waals surface area contributed by atoms with Crippen LogP contribution in [0.1, 0.15) is 24.2 Å². The van der Waals surface area contributed by atoms with Gasteiger partial charge in [0.2, 0.25) is 0 Å². The lowest BCUT2D eigenvalue weighted by atomic mass is 10.2. The van der Waals surface area contributed by atoms with E-state index in [0.717, 1.165) is 24.5 Å². The highest BCUT2D eigenvalue weighted by atomic mass is 35.5. The van der Waals surface area contributed by atoms with E-state index >= 15 is 0 Å². The molecule has 0 fully saturated rings. The second-order valence-corrected chi connectivity index (χ2v) is 6.65. The number of pyridine rings is 1. The number of nitrogens with zero attached hydrogens (tertiary/aromatic N) is 2. The van der Waals surface area contributed by atoms with Gasteiger partial charge in [0.15, 0.2) is 0 Å². The molecule has 0 bridgehead atoms. The van der Waals surface area contributed by atoms with Crippen molar-refractivity contribution in [2.45, 2.75) is 13.8 Å². The van der Waals surface area contributed by atoms with Crippen molar-refractivity contribution in [3.8, 4) is 0 Å². The predicted octanol–water partition coefficient (Wildman–Crippen LogP) is 5.58. The van der Waals surface area contributed by atoms with Gasteiger partial charge >= 0.3 is 0 Å². The average molecular weight is 395 g/mol. The number of carbonyl (C=O) groups excluding carboxylic acids is 1. The fraction of sp³-hybridized carbons (Fsp3) is 0.182. The molecule has 0 aliphatic rings. The van der Waals surface area contributed by atoms with E-state index in [2.05, 4.69) is 46.5 Å². The molecule has 2 N–H and O–H groups in total. The van der Waals surface area contributed by atoms with Crippen molar-refractivity contribution in [2.24, 2.45) is 0 Å². The second-order valence-electron chi connectivity index (χ2n) is 6.24. The number of amides is 1. The van der Waals surface area contributed by atoms with E-state index in [1.165, 1.54) is 11.9 Å². The third kappa shape index (κ3) is 4.81. The topological polar surface area (TPSA) is 57.3 Å². The van der Waals surface area contributed by atoms with Gasteiger partial charge < -0.3 is 15.5 Å². The Hall–Kier alpha value is -3.05. The van der Waals surface area contributed by atoms with Crippen LogP contribution < -0.4 is 15.5 Å². The molecule has 144 valence electrons. The van der Waals surface area contributed by atoms with Gasteiger partial charge in [0.05, 0.1) is 28.2 Å². The molecule has 0 aliphatic carbocycles. The fourth-order valence-electron chi connectivity index (χ4n) is 2.90. The number of aromatic nitrogens is 1. The Labute approximate surface area is 170 Å². The van der Waals surface area contributed by atoms with Crippen LogP contribution in [0.5, 0.6) is 0 Å². The lowest BCUT2D eigenvalue weighted by Gasteiger charge is -2.21. The molecule has 0 atom stereocenters. The predicted molar refractivity (Wildman–Crippen MR) is 117 cm³/mol. The van der Waals surface area contributed by atoms with Crippen LogP contribution in [0.2, 0.25) is 5.02 Å². The maximum Gasteiger partial charge on any atom is 0.257 e. The molecule has 5 nitrogen and oxygen atoms in total. The van der Waals surface area contributed by atoms with Crippen molar-refractivity contribution < 1.29 is 4.79 Å². The van der Waals surface area contributed by atoms with E-state index in [9.17, 15) is 4.79 Å². The molecule has 28 heavy (non-hydrogen) atoms. The summed E-state index contributed by atoms with van der Waals surface area (Å²) in [7, 11) is 0. The highest BCUT2D eigenvalue weighted by molar-refractivity contribution is 6.33. The molecule has 3 aromatic rings. The highest BCUT2D eigenvalue weighted by Gasteiger charge is 2.10. The van der Waals surface area contributed by atoms with Gasteiger partial charge in [0.1, 0.15) is 0 Å². The molecule has 0 radical (unpaired) electrons. The van der Waals surface area contributed by atoms with Gasteiger partial charge in [-0.2, -0.15) is 0 Å². The molecule has 3 rings (SSSR count). The summed E-state index contributed by atoms with van der Waals surface area (Å²) in [5, 5.41) is 6.59.